The summed E-state index contributed by atoms with van der Waals surface area (Å²) in [5, 5.41) is 0. The zero-order chi connectivity index (χ0) is 30.0. The van der Waals surface area contributed by atoms with Crippen molar-refractivity contribution in [2.24, 2.45) is 11.3 Å². The number of carbonyl (C=O) groups excluding carboxylic acids is 1. The normalized spacial score (nSPS) is 22.0. The molecule has 3 aliphatic rings. The second-order valence-electron chi connectivity index (χ2n) is 13.3. The van der Waals surface area contributed by atoms with Crippen LogP contribution in [0.5, 0.6) is 0 Å². The third-order valence-corrected chi connectivity index (χ3v) is 10.1. The quantitative estimate of drug-likeness (QED) is 0.263. The van der Waals surface area contributed by atoms with Gasteiger partial charge in [-0.15, -0.1) is 0 Å². The number of pyridine rings is 1. The fourth-order valence-electron chi connectivity index (χ4n) is 7.10. The molecule has 6 nitrogen and oxygen atoms in total. The SMILES string of the molecule is CCC1CC(c2cc(N3CCN4CCC[C@@H]4C3)cnc2[C@H](C)OC)=C(CC(C)(C)COC(C)=O)c2cc(Br)ccc2C1. The molecule has 0 spiro atoms. The van der Waals surface area contributed by atoms with E-state index in [0.717, 1.165) is 55.5 Å². The fraction of sp³-hybridized carbons (Fsp3) is 0.600. The lowest BCUT2D eigenvalue weighted by molar-refractivity contribution is -0.143. The Balaban J connectivity index is 1.68. The Kier molecular flexibility index (Phi) is 9.80. The van der Waals surface area contributed by atoms with Crippen LogP contribution in [0.3, 0.4) is 0 Å². The number of fused-ring (bicyclic) bond motifs is 2. The van der Waals surface area contributed by atoms with Crippen LogP contribution in [-0.2, 0) is 20.7 Å². The topological polar surface area (TPSA) is 54.9 Å². The van der Waals surface area contributed by atoms with Gasteiger partial charge in [0.15, 0.2) is 0 Å². The summed E-state index contributed by atoms with van der Waals surface area (Å²) in [4.78, 5) is 22.1. The zero-order valence-corrected chi connectivity index (χ0v) is 27.9. The van der Waals surface area contributed by atoms with E-state index in [4.69, 9.17) is 14.5 Å². The van der Waals surface area contributed by atoms with E-state index < -0.39 is 0 Å². The van der Waals surface area contributed by atoms with E-state index in [2.05, 4.69) is 83.9 Å². The third-order valence-electron chi connectivity index (χ3n) is 9.58. The standard InChI is InChI=1S/C35H48BrN3O3/c1-7-25-15-26-10-11-27(36)17-30(26)33(19-35(4,5)22-42-24(3)40)31(16-25)32-18-29(20-37-34(32)23(2)41-6)39-14-13-38-12-8-9-28(38)21-39/h10-11,17-18,20,23,25,28H,7-9,12-16,19,21-22H2,1-6H3/t23-,25?,28+/m0/s1. The Bertz CT molecular complexity index is 1320. The van der Waals surface area contributed by atoms with Crippen LogP contribution in [0.15, 0.2) is 34.9 Å². The number of esters is 1. The number of halogens is 1. The Morgan fingerprint density at radius 3 is 2.71 bits per heavy atom. The summed E-state index contributed by atoms with van der Waals surface area (Å²) in [6.07, 6.45) is 8.45. The number of ether oxygens (including phenoxy) is 2. The molecule has 2 aliphatic heterocycles. The molecule has 0 amide bonds. The minimum Gasteiger partial charge on any atom is -0.465 e. The van der Waals surface area contributed by atoms with Crippen molar-refractivity contribution in [1.82, 2.24) is 9.88 Å². The highest BCUT2D eigenvalue weighted by Gasteiger charge is 2.33. The molecule has 1 aromatic carbocycles. The monoisotopic (exact) mass is 637 g/mol. The van der Waals surface area contributed by atoms with Crippen molar-refractivity contribution in [2.45, 2.75) is 85.3 Å². The van der Waals surface area contributed by atoms with Crippen LogP contribution in [0.4, 0.5) is 5.69 Å². The van der Waals surface area contributed by atoms with Crippen LogP contribution in [0, 0.1) is 11.3 Å². The Morgan fingerprint density at radius 1 is 1.17 bits per heavy atom. The van der Waals surface area contributed by atoms with Gasteiger partial charge < -0.3 is 14.4 Å². The predicted molar refractivity (Wildman–Crippen MR) is 175 cm³/mol. The van der Waals surface area contributed by atoms with Crippen LogP contribution < -0.4 is 4.90 Å². The van der Waals surface area contributed by atoms with Gasteiger partial charge in [0.2, 0.25) is 0 Å². The summed E-state index contributed by atoms with van der Waals surface area (Å²) in [6.45, 7) is 15.1. The van der Waals surface area contributed by atoms with Crippen LogP contribution in [0.1, 0.15) is 95.2 Å². The van der Waals surface area contributed by atoms with E-state index in [-0.39, 0.29) is 17.5 Å². The Morgan fingerprint density at radius 2 is 1.98 bits per heavy atom. The highest BCUT2D eigenvalue weighted by Crippen LogP contribution is 2.46. The second kappa shape index (κ2) is 13.2. The molecule has 7 heteroatoms. The number of hydrogen-bond donors (Lipinski definition) is 0. The first-order chi connectivity index (χ1) is 20.1. The smallest absolute Gasteiger partial charge is 0.302 e. The molecule has 5 rings (SSSR count). The van der Waals surface area contributed by atoms with Crippen LogP contribution in [0.2, 0.25) is 0 Å². The van der Waals surface area contributed by atoms with E-state index in [1.54, 1.807) is 7.11 Å². The van der Waals surface area contributed by atoms with Gasteiger partial charge in [-0.1, -0.05) is 49.2 Å². The van der Waals surface area contributed by atoms with Gasteiger partial charge in [-0.3, -0.25) is 14.7 Å². The molecular weight excluding hydrogens is 590 g/mol. The molecule has 3 atom stereocenters. The minimum atomic E-state index is -0.241. The number of rotatable bonds is 9. The number of piperazine rings is 1. The predicted octanol–water partition coefficient (Wildman–Crippen LogP) is 7.70. The second-order valence-corrected chi connectivity index (χ2v) is 14.3. The lowest BCUT2D eigenvalue weighted by atomic mass is 9.79. The number of hydrogen-bond acceptors (Lipinski definition) is 6. The van der Waals surface area contributed by atoms with Gasteiger partial charge in [0, 0.05) is 55.2 Å². The van der Waals surface area contributed by atoms with Gasteiger partial charge in [-0.2, -0.15) is 0 Å². The van der Waals surface area contributed by atoms with E-state index in [9.17, 15) is 4.79 Å². The summed E-state index contributed by atoms with van der Waals surface area (Å²) >= 11 is 3.78. The molecule has 2 aromatic rings. The van der Waals surface area contributed by atoms with Crippen molar-refractivity contribution in [2.75, 3.05) is 44.8 Å². The fourth-order valence-corrected chi connectivity index (χ4v) is 7.46. The van der Waals surface area contributed by atoms with Crippen LogP contribution in [-0.4, -0.2) is 61.8 Å². The van der Waals surface area contributed by atoms with Crippen LogP contribution in [0.25, 0.3) is 11.1 Å². The first-order valence-corrected chi connectivity index (χ1v) is 16.5. The average molecular weight is 639 g/mol. The first kappa shape index (κ1) is 31.2. The van der Waals surface area contributed by atoms with Crippen molar-refractivity contribution in [3.05, 3.63) is 57.3 Å². The minimum absolute atomic E-state index is 0.131. The molecule has 1 aliphatic carbocycles. The van der Waals surface area contributed by atoms with E-state index in [0.29, 0.717) is 18.6 Å². The highest BCUT2D eigenvalue weighted by molar-refractivity contribution is 9.10. The van der Waals surface area contributed by atoms with Gasteiger partial charge in [0.25, 0.3) is 0 Å². The number of carbonyl (C=O) groups is 1. The largest absolute Gasteiger partial charge is 0.465 e. The summed E-state index contributed by atoms with van der Waals surface area (Å²) in [5.41, 5.74) is 8.56. The van der Waals surface area contributed by atoms with Crippen molar-refractivity contribution < 1.29 is 14.3 Å². The molecule has 0 radical (unpaired) electrons. The van der Waals surface area contributed by atoms with E-state index >= 15 is 0 Å². The highest BCUT2D eigenvalue weighted by atomic mass is 79.9. The number of methoxy groups -OCH3 is 1. The van der Waals surface area contributed by atoms with Crippen molar-refractivity contribution >= 4 is 38.7 Å². The third kappa shape index (κ3) is 6.95. The summed E-state index contributed by atoms with van der Waals surface area (Å²) < 4.78 is 12.6. The average Bonchev–Trinajstić information content (AvgIpc) is 3.40. The van der Waals surface area contributed by atoms with Crippen molar-refractivity contribution in [3.63, 3.8) is 0 Å². The summed E-state index contributed by atoms with van der Waals surface area (Å²) in [7, 11) is 1.77. The Labute approximate surface area is 261 Å². The Hall–Kier alpha value is -2.22. The maximum absolute atomic E-state index is 11.8. The molecule has 0 N–H and O–H groups in total. The first-order valence-electron chi connectivity index (χ1n) is 15.7. The molecule has 0 bridgehead atoms. The molecule has 0 saturated carbocycles. The lowest BCUT2D eigenvalue weighted by Gasteiger charge is -2.39. The van der Waals surface area contributed by atoms with Gasteiger partial charge in [0.1, 0.15) is 0 Å². The molecular formula is C35H48BrN3O3. The lowest BCUT2D eigenvalue weighted by Crippen LogP contribution is -2.50. The number of anilines is 1. The molecule has 3 heterocycles. The van der Waals surface area contributed by atoms with Crippen molar-refractivity contribution in [3.8, 4) is 0 Å². The maximum atomic E-state index is 11.8. The molecule has 1 unspecified atom stereocenters. The number of aromatic nitrogens is 1. The van der Waals surface area contributed by atoms with Crippen molar-refractivity contribution in [1.29, 1.82) is 0 Å². The number of allylic oxidation sites excluding steroid dienone is 2. The molecule has 228 valence electrons. The maximum Gasteiger partial charge on any atom is 0.302 e. The van der Waals surface area contributed by atoms with E-state index in [1.165, 1.54) is 59.8 Å². The molecule has 2 saturated heterocycles. The summed E-state index contributed by atoms with van der Waals surface area (Å²) in [5.74, 6) is 0.285. The van der Waals surface area contributed by atoms with Gasteiger partial charge >= 0.3 is 5.97 Å². The van der Waals surface area contributed by atoms with Gasteiger partial charge in [-0.25, -0.2) is 0 Å². The number of benzene rings is 1. The zero-order valence-electron chi connectivity index (χ0n) is 26.3. The van der Waals surface area contributed by atoms with E-state index in [1.807, 2.05) is 0 Å². The number of nitrogens with zero attached hydrogens (tertiary/aromatic N) is 3. The van der Waals surface area contributed by atoms with Crippen LogP contribution >= 0.6 is 15.9 Å². The summed E-state index contributed by atoms with van der Waals surface area (Å²) in [6, 6.07) is 9.80. The van der Waals surface area contributed by atoms with Gasteiger partial charge in [0.05, 0.1) is 30.3 Å². The van der Waals surface area contributed by atoms with Gasteiger partial charge in [-0.05, 0) is 92.0 Å². The molecule has 2 fully saturated rings. The molecule has 42 heavy (non-hydrogen) atoms. The molecule has 1 aromatic heterocycles.